The summed E-state index contributed by atoms with van der Waals surface area (Å²) in [5.41, 5.74) is 2.29. The Labute approximate surface area is 141 Å². The molecule has 0 fully saturated rings. The lowest BCUT2D eigenvalue weighted by atomic mass is 10.1. The predicted molar refractivity (Wildman–Crippen MR) is 92.2 cm³/mol. The summed E-state index contributed by atoms with van der Waals surface area (Å²) in [6.07, 6.45) is 0.930. The molecule has 2 rings (SSSR count). The van der Waals surface area contributed by atoms with E-state index in [9.17, 15) is 14.0 Å². The molecule has 4 nitrogen and oxygen atoms in total. The molecule has 0 aliphatic carbocycles. The molecular formula is C19H21FN2O2. The van der Waals surface area contributed by atoms with Crippen molar-refractivity contribution in [1.29, 1.82) is 0 Å². The van der Waals surface area contributed by atoms with Crippen molar-refractivity contribution >= 4 is 17.5 Å². The van der Waals surface area contributed by atoms with E-state index in [1.165, 1.54) is 6.07 Å². The summed E-state index contributed by atoms with van der Waals surface area (Å²) < 4.78 is 13.5. The van der Waals surface area contributed by atoms with Gasteiger partial charge in [0, 0.05) is 12.2 Å². The summed E-state index contributed by atoms with van der Waals surface area (Å²) >= 11 is 0. The minimum Gasteiger partial charge on any atom is -0.355 e. The van der Waals surface area contributed by atoms with Gasteiger partial charge in [-0.1, -0.05) is 43.3 Å². The smallest absolute Gasteiger partial charge is 0.233 e. The first-order valence-electron chi connectivity index (χ1n) is 7.98. The van der Waals surface area contributed by atoms with E-state index in [1.807, 2.05) is 31.2 Å². The monoisotopic (exact) mass is 328 g/mol. The van der Waals surface area contributed by atoms with E-state index in [4.69, 9.17) is 0 Å². The zero-order valence-electron chi connectivity index (χ0n) is 13.6. The lowest BCUT2D eigenvalue weighted by molar-refractivity contribution is -0.126. The van der Waals surface area contributed by atoms with Gasteiger partial charge >= 0.3 is 0 Å². The molecule has 0 spiro atoms. The molecule has 5 heteroatoms. The standard InChI is InChI=1S/C19H21FN2O2/c1-2-14-7-4-6-10-17(14)22-19(24)13-18(23)21-12-11-15-8-3-5-9-16(15)20/h3-10H,2,11-13H2,1H3,(H,21,23)(H,22,24). The van der Waals surface area contributed by atoms with Crippen molar-refractivity contribution in [1.82, 2.24) is 5.32 Å². The van der Waals surface area contributed by atoms with Gasteiger partial charge in [0.15, 0.2) is 0 Å². The Morgan fingerprint density at radius 2 is 1.62 bits per heavy atom. The first-order valence-corrected chi connectivity index (χ1v) is 7.98. The van der Waals surface area contributed by atoms with Gasteiger partial charge in [-0.25, -0.2) is 4.39 Å². The van der Waals surface area contributed by atoms with Gasteiger partial charge in [-0.2, -0.15) is 0 Å². The predicted octanol–water partition coefficient (Wildman–Crippen LogP) is 3.08. The van der Waals surface area contributed by atoms with Gasteiger partial charge in [-0.15, -0.1) is 0 Å². The van der Waals surface area contributed by atoms with Gasteiger partial charge in [0.1, 0.15) is 12.2 Å². The quantitative estimate of drug-likeness (QED) is 0.768. The Morgan fingerprint density at radius 3 is 2.33 bits per heavy atom. The van der Waals surface area contributed by atoms with E-state index in [-0.39, 0.29) is 24.1 Å². The van der Waals surface area contributed by atoms with E-state index in [1.54, 1.807) is 18.2 Å². The van der Waals surface area contributed by atoms with Gasteiger partial charge in [-0.05, 0) is 36.1 Å². The van der Waals surface area contributed by atoms with Crippen LogP contribution < -0.4 is 10.6 Å². The zero-order valence-corrected chi connectivity index (χ0v) is 13.6. The molecule has 0 aromatic heterocycles. The fourth-order valence-corrected chi connectivity index (χ4v) is 2.39. The summed E-state index contributed by atoms with van der Waals surface area (Å²) in [5, 5.41) is 5.39. The van der Waals surface area contributed by atoms with Crippen molar-refractivity contribution in [3.8, 4) is 0 Å². The molecule has 0 radical (unpaired) electrons. The molecule has 0 atom stereocenters. The van der Waals surface area contributed by atoms with Crippen LogP contribution >= 0.6 is 0 Å². The number of halogens is 1. The number of nitrogens with one attached hydrogen (secondary N) is 2. The first kappa shape index (κ1) is 17.7. The highest BCUT2D eigenvalue weighted by Crippen LogP contribution is 2.15. The molecule has 0 aliphatic heterocycles. The van der Waals surface area contributed by atoms with Gasteiger partial charge in [0.2, 0.25) is 11.8 Å². The maximum absolute atomic E-state index is 13.5. The third-order valence-corrected chi connectivity index (χ3v) is 3.67. The number of amides is 2. The highest BCUT2D eigenvalue weighted by molar-refractivity contribution is 6.03. The largest absolute Gasteiger partial charge is 0.355 e. The molecule has 126 valence electrons. The van der Waals surface area contributed by atoms with E-state index < -0.39 is 0 Å². The maximum Gasteiger partial charge on any atom is 0.233 e. The summed E-state index contributed by atoms with van der Waals surface area (Å²) in [4.78, 5) is 23.8. The van der Waals surface area contributed by atoms with Crippen molar-refractivity contribution < 1.29 is 14.0 Å². The zero-order chi connectivity index (χ0) is 17.4. The van der Waals surface area contributed by atoms with Crippen LogP contribution in [-0.2, 0) is 22.4 Å². The molecule has 2 amide bonds. The fraction of sp³-hybridized carbons (Fsp3) is 0.263. The highest BCUT2D eigenvalue weighted by Gasteiger charge is 2.11. The van der Waals surface area contributed by atoms with Crippen LogP contribution in [0.3, 0.4) is 0 Å². The number of hydrogen-bond donors (Lipinski definition) is 2. The van der Waals surface area contributed by atoms with Crippen LogP contribution in [0.4, 0.5) is 10.1 Å². The van der Waals surface area contributed by atoms with E-state index in [0.29, 0.717) is 18.5 Å². The van der Waals surface area contributed by atoms with Crippen LogP contribution in [0.2, 0.25) is 0 Å². The maximum atomic E-state index is 13.5. The van der Waals surface area contributed by atoms with Gasteiger partial charge in [0.05, 0.1) is 0 Å². The Morgan fingerprint density at radius 1 is 0.958 bits per heavy atom. The van der Waals surface area contributed by atoms with Crippen molar-refractivity contribution in [2.45, 2.75) is 26.2 Å². The van der Waals surface area contributed by atoms with Crippen LogP contribution in [0.15, 0.2) is 48.5 Å². The number of carbonyl (C=O) groups excluding carboxylic acids is 2. The molecule has 0 saturated heterocycles. The third kappa shape index (κ3) is 5.19. The molecule has 0 bridgehead atoms. The lowest BCUT2D eigenvalue weighted by Gasteiger charge is -2.10. The second kappa shape index (κ2) is 8.82. The third-order valence-electron chi connectivity index (χ3n) is 3.67. The minimum atomic E-state index is -0.377. The van der Waals surface area contributed by atoms with Crippen LogP contribution in [0.1, 0.15) is 24.5 Å². The summed E-state index contributed by atoms with van der Waals surface area (Å²) in [7, 11) is 0. The van der Waals surface area contributed by atoms with Crippen LogP contribution in [-0.4, -0.2) is 18.4 Å². The minimum absolute atomic E-state index is 0.255. The Hall–Kier alpha value is -2.69. The molecule has 2 aromatic rings. The van der Waals surface area contributed by atoms with Crippen molar-refractivity contribution in [2.24, 2.45) is 0 Å². The summed E-state index contributed by atoms with van der Waals surface area (Å²) in [5.74, 6) is -1.03. The fourth-order valence-electron chi connectivity index (χ4n) is 2.39. The Kier molecular flexibility index (Phi) is 6.49. The van der Waals surface area contributed by atoms with Crippen LogP contribution in [0, 0.1) is 5.82 Å². The topological polar surface area (TPSA) is 58.2 Å². The van der Waals surface area contributed by atoms with Crippen molar-refractivity contribution in [2.75, 3.05) is 11.9 Å². The van der Waals surface area contributed by atoms with Gasteiger partial charge in [0.25, 0.3) is 0 Å². The molecule has 0 aliphatic rings. The van der Waals surface area contributed by atoms with Crippen molar-refractivity contribution in [3.63, 3.8) is 0 Å². The Balaban J connectivity index is 1.78. The van der Waals surface area contributed by atoms with E-state index >= 15 is 0 Å². The number of aryl methyl sites for hydroxylation is 1. The molecule has 2 N–H and O–H groups in total. The summed E-state index contributed by atoms with van der Waals surface area (Å²) in [6, 6.07) is 13.9. The molecule has 0 saturated carbocycles. The van der Waals surface area contributed by atoms with E-state index in [2.05, 4.69) is 10.6 Å². The summed E-state index contributed by atoms with van der Waals surface area (Å²) in [6.45, 7) is 2.29. The molecular weight excluding hydrogens is 307 g/mol. The molecule has 24 heavy (non-hydrogen) atoms. The first-order chi connectivity index (χ1) is 11.6. The van der Waals surface area contributed by atoms with E-state index in [0.717, 1.165) is 17.7 Å². The van der Waals surface area contributed by atoms with Crippen molar-refractivity contribution in [3.05, 3.63) is 65.5 Å². The SMILES string of the molecule is CCc1ccccc1NC(=O)CC(=O)NCCc1ccccc1F. The second-order valence-electron chi connectivity index (χ2n) is 5.43. The van der Waals surface area contributed by atoms with Crippen LogP contribution in [0.25, 0.3) is 0 Å². The average molecular weight is 328 g/mol. The second-order valence-corrected chi connectivity index (χ2v) is 5.43. The average Bonchev–Trinajstić information content (AvgIpc) is 2.57. The number of rotatable bonds is 7. The highest BCUT2D eigenvalue weighted by atomic mass is 19.1. The number of benzene rings is 2. The van der Waals surface area contributed by atoms with Gasteiger partial charge < -0.3 is 10.6 Å². The lowest BCUT2D eigenvalue weighted by Crippen LogP contribution is -2.30. The number of para-hydroxylation sites is 1. The Bertz CT molecular complexity index is 716. The number of hydrogen-bond acceptors (Lipinski definition) is 2. The normalized spacial score (nSPS) is 10.2. The molecule has 0 heterocycles. The number of anilines is 1. The molecule has 0 unspecified atom stereocenters. The van der Waals surface area contributed by atoms with Gasteiger partial charge in [-0.3, -0.25) is 9.59 Å². The van der Waals surface area contributed by atoms with Crippen LogP contribution in [0.5, 0.6) is 0 Å². The molecule has 2 aromatic carbocycles. The number of carbonyl (C=O) groups is 2.